The van der Waals surface area contributed by atoms with Gasteiger partial charge < -0.3 is 15.6 Å². The minimum Gasteiger partial charge on any atom is -0.345 e. The Labute approximate surface area is 134 Å². The Morgan fingerprint density at radius 3 is 2.45 bits per heavy atom. The maximum absolute atomic E-state index is 11.9. The van der Waals surface area contributed by atoms with Crippen LogP contribution in [-0.4, -0.2) is 21.8 Å². The predicted octanol–water partition coefficient (Wildman–Crippen LogP) is 2.90. The number of carbonyl (C=O) groups is 2. The molecular weight excluding hydrogens is 348 g/mol. The zero-order chi connectivity index (χ0) is 15.5. The second-order valence-electron chi connectivity index (χ2n) is 4.55. The van der Waals surface area contributed by atoms with Gasteiger partial charge in [-0.2, -0.15) is 0 Å². The second kappa shape index (κ2) is 5.98. The van der Waals surface area contributed by atoms with Crippen molar-refractivity contribution in [2.24, 2.45) is 0 Å². The highest BCUT2D eigenvalue weighted by molar-refractivity contribution is 9.10. The summed E-state index contributed by atoms with van der Waals surface area (Å²) in [6, 6.07) is 12.2. The van der Waals surface area contributed by atoms with Gasteiger partial charge in [0.25, 0.3) is 0 Å². The lowest BCUT2D eigenvalue weighted by atomic mass is 10.2. The summed E-state index contributed by atoms with van der Waals surface area (Å²) in [5.74, 6) is -1.47. The van der Waals surface area contributed by atoms with Crippen molar-refractivity contribution in [1.82, 2.24) is 9.97 Å². The minimum absolute atomic E-state index is 0.520. The van der Waals surface area contributed by atoms with E-state index in [1.807, 2.05) is 6.07 Å². The van der Waals surface area contributed by atoms with Crippen LogP contribution in [-0.2, 0) is 9.59 Å². The Bertz CT molecular complexity index is 859. The SMILES string of the molecule is O=C(Nc1cccc(Br)c1)C(=O)Nc1ccc2nc[nH]c2c1. The van der Waals surface area contributed by atoms with Crippen LogP contribution in [0.15, 0.2) is 53.3 Å². The molecule has 22 heavy (non-hydrogen) atoms. The van der Waals surface area contributed by atoms with Gasteiger partial charge in [0.1, 0.15) is 0 Å². The van der Waals surface area contributed by atoms with Crippen molar-refractivity contribution in [3.8, 4) is 0 Å². The molecule has 3 rings (SSSR count). The molecule has 2 aromatic carbocycles. The van der Waals surface area contributed by atoms with E-state index in [9.17, 15) is 9.59 Å². The fourth-order valence-corrected chi connectivity index (χ4v) is 2.35. The number of nitrogens with zero attached hydrogens (tertiary/aromatic N) is 1. The lowest BCUT2D eigenvalue weighted by Crippen LogP contribution is -2.29. The molecule has 3 N–H and O–H groups in total. The summed E-state index contributed by atoms with van der Waals surface area (Å²) in [5.41, 5.74) is 2.63. The largest absolute Gasteiger partial charge is 0.345 e. The number of rotatable bonds is 2. The standard InChI is InChI=1S/C15H11BrN4O2/c16-9-2-1-3-10(6-9)19-14(21)15(22)20-11-4-5-12-13(7-11)18-8-17-12/h1-8H,(H,17,18)(H,19,21)(H,20,22). The first-order chi connectivity index (χ1) is 10.6. The number of hydrogen-bond acceptors (Lipinski definition) is 3. The molecule has 0 unspecified atom stereocenters. The van der Waals surface area contributed by atoms with E-state index in [1.165, 1.54) is 0 Å². The highest BCUT2D eigenvalue weighted by Gasteiger charge is 2.14. The van der Waals surface area contributed by atoms with Crippen molar-refractivity contribution in [3.63, 3.8) is 0 Å². The van der Waals surface area contributed by atoms with Gasteiger partial charge in [-0.1, -0.05) is 22.0 Å². The number of carbonyl (C=O) groups excluding carboxylic acids is 2. The number of hydrogen-bond donors (Lipinski definition) is 3. The number of fused-ring (bicyclic) bond motifs is 1. The van der Waals surface area contributed by atoms with Crippen molar-refractivity contribution < 1.29 is 9.59 Å². The van der Waals surface area contributed by atoms with Gasteiger partial charge in [0.05, 0.1) is 17.4 Å². The maximum Gasteiger partial charge on any atom is 0.314 e. The predicted molar refractivity (Wildman–Crippen MR) is 87.5 cm³/mol. The Balaban J connectivity index is 1.69. The van der Waals surface area contributed by atoms with E-state index in [0.717, 1.165) is 15.5 Å². The highest BCUT2D eigenvalue weighted by atomic mass is 79.9. The summed E-state index contributed by atoms with van der Waals surface area (Å²) in [7, 11) is 0. The Morgan fingerprint density at radius 2 is 1.73 bits per heavy atom. The molecule has 1 aromatic heterocycles. The fourth-order valence-electron chi connectivity index (χ4n) is 1.96. The molecule has 6 nitrogen and oxygen atoms in total. The molecule has 0 bridgehead atoms. The van der Waals surface area contributed by atoms with Gasteiger partial charge in [0.15, 0.2) is 0 Å². The lowest BCUT2D eigenvalue weighted by Gasteiger charge is -2.07. The van der Waals surface area contributed by atoms with E-state index in [0.29, 0.717) is 11.4 Å². The van der Waals surface area contributed by atoms with E-state index < -0.39 is 11.8 Å². The summed E-state index contributed by atoms with van der Waals surface area (Å²) < 4.78 is 0.815. The number of aromatic amines is 1. The topological polar surface area (TPSA) is 86.9 Å². The van der Waals surface area contributed by atoms with Gasteiger partial charge in [0, 0.05) is 15.8 Å². The van der Waals surface area contributed by atoms with Crippen molar-refractivity contribution in [2.45, 2.75) is 0 Å². The minimum atomic E-state index is -0.737. The number of halogens is 1. The molecule has 0 fully saturated rings. The number of imidazole rings is 1. The molecule has 0 saturated carbocycles. The Morgan fingerprint density at radius 1 is 1.00 bits per heavy atom. The van der Waals surface area contributed by atoms with E-state index in [4.69, 9.17) is 0 Å². The van der Waals surface area contributed by atoms with Crippen LogP contribution in [0.4, 0.5) is 11.4 Å². The first-order valence-corrected chi connectivity index (χ1v) is 7.22. The van der Waals surface area contributed by atoms with Gasteiger partial charge in [0.2, 0.25) is 0 Å². The van der Waals surface area contributed by atoms with Gasteiger partial charge in [-0.25, -0.2) is 4.98 Å². The molecule has 1 heterocycles. The Hall–Kier alpha value is -2.67. The van der Waals surface area contributed by atoms with Crippen LogP contribution in [0, 0.1) is 0 Å². The van der Waals surface area contributed by atoms with E-state index in [1.54, 1.807) is 42.7 Å². The van der Waals surface area contributed by atoms with Crippen molar-refractivity contribution >= 4 is 50.2 Å². The first kappa shape index (κ1) is 14.3. The molecule has 0 saturated heterocycles. The fraction of sp³-hybridized carbons (Fsp3) is 0. The number of amides is 2. The molecule has 0 atom stereocenters. The third-order valence-electron chi connectivity index (χ3n) is 2.97. The van der Waals surface area contributed by atoms with Crippen LogP contribution < -0.4 is 10.6 Å². The lowest BCUT2D eigenvalue weighted by molar-refractivity contribution is -0.132. The number of anilines is 2. The van der Waals surface area contributed by atoms with Gasteiger partial charge in [-0.05, 0) is 36.4 Å². The quantitative estimate of drug-likeness (QED) is 0.615. The second-order valence-corrected chi connectivity index (χ2v) is 5.47. The average molecular weight is 359 g/mol. The molecule has 110 valence electrons. The third-order valence-corrected chi connectivity index (χ3v) is 3.46. The maximum atomic E-state index is 11.9. The molecule has 0 aliphatic rings. The number of H-pyrrole nitrogens is 1. The number of benzene rings is 2. The van der Waals surface area contributed by atoms with Crippen LogP contribution in [0.1, 0.15) is 0 Å². The zero-order valence-corrected chi connectivity index (χ0v) is 12.8. The van der Waals surface area contributed by atoms with Gasteiger partial charge >= 0.3 is 11.8 Å². The molecule has 0 radical (unpaired) electrons. The average Bonchev–Trinajstić information content (AvgIpc) is 2.94. The van der Waals surface area contributed by atoms with Crippen molar-refractivity contribution in [2.75, 3.05) is 10.6 Å². The molecule has 0 aliphatic carbocycles. The summed E-state index contributed by atoms with van der Waals surface area (Å²) in [5, 5.41) is 5.08. The first-order valence-electron chi connectivity index (χ1n) is 6.43. The van der Waals surface area contributed by atoms with Crippen LogP contribution in [0.3, 0.4) is 0 Å². The molecule has 7 heteroatoms. The van der Waals surface area contributed by atoms with E-state index in [2.05, 4.69) is 36.5 Å². The molecule has 0 aliphatic heterocycles. The van der Waals surface area contributed by atoms with Crippen LogP contribution in [0.5, 0.6) is 0 Å². The van der Waals surface area contributed by atoms with Crippen LogP contribution in [0.25, 0.3) is 11.0 Å². The van der Waals surface area contributed by atoms with E-state index in [-0.39, 0.29) is 0 Å². The summed E-state index contributed by atoms with van der Waals surface area (Å²) in [6.45, 7) is 0. The van der Waals surface area contributed by atoms with Crippen LogP contribution >= 0.6 is 15.9 Å². The third kappa shape index (κ3) is 3.15. The number of aromatic nitrogens is 2. The van der Waals surface area contributed by atoms with Gasteiger partial charge in [-0.3, -0.25) is 9.59 Å². The monoisotopic (exact) mass is 358 g/mol. The molecule has 3 aromatic rings. The normalized spacial score (nSPS) is 10.4. The molecular formula is C15H11BrN4O2. The van der Waals surface area contributed by atoms with Crippen molar-refractivity contribution in [3.05, 3.63) is 53.3 Å². The van der Waals surface area contributed by atoms with E-state index >= 15 is 0 Å². The molecule has 0 spiro atoms. The number of nitrogens with one attached hydrogen (secondary N) is 3. The zero-order valence-electron chi connectivity index (χ0n) is 11.3. The summed E-state index contributed by atoms with van der Waals surface area (Å²) in [6.07, 6.45) is 1.57. The highest BCUT2D eigenvalue weighted by Crippen LogP contribution is 2.17. The van der Waals surface area contributed by atoms with Crippen LogP contribution in [0.2, 0.25) is 0 Å². The summed E-state index contributed by atoms with van der Waals surface area (Å²) in [4.78, 5) is 30.8. The Kier molecular flexibility index (Phi) is 3.88. The molecule has 2 amide bonds. The van der Waals surface area contributed by atoms with Gasteiger partial charge in [-0.15, -0.1) is 0 Å². The smallest absolute Gasteiger partial charge is 0.314 e. The summed E-state index contributed by atoms with van der Waals surface area (Å²) >= 11 is 3.30. The van der Waals surface area contributed by atoms with Crippen molar-refractivity contribution in [1.29, 1.82) is 0 Å².